The zero-order valence-electron chi connectivity index (χ0n) is 10.1. The molecule has 2 aliphatic heterocycles. The van der Waals surface area contributed by atoms with Crippen molar-refractivity contribution >= 4 is 5.91 Å². The second kappa shape index (κ2) is 5.64. The topological polar surface area (TPSA) is 41.6 Å². The first-order valence-electron chi connectivity index (χ1n) is 6.31. The lowest BCUT2D eigenvalue weighted by atomic mass is 9.94. The zero-order valence-corrected chi connectivity index (χ0v) is 10.1. The van der Waals surface area contributed by atoms with Gasteiger partial charge >= 0.3 is 0 Å². The summed E-state index contributed by atoms with van der Waals surface area (Å²) in [5.41, 5.74) is 0. The molecule has 0 spiro atoms. The fraction of sp³-hybridized carbons (Fsp3) is 0.917. The Morgan fingerprint density at radius 3 is 3.12 bits per heavy atom. The predicted molar refractivity (Wildman–Crippen MR) is 62.2 cm³/mol. The second-order valence-corrected chi connectivity index (χ2v) is 4.86. The van der Waals surface area contributed by atoms with Crippen molar-refractivity contribution in [2.75, 3.05) is 33.4 Å². The molecule has 0 aliphatic carbocycles. The van der Waals surface area contributed by atoms with Crippen LogP contribution in [0.1, 0.15) is 25.7 Å². The van der Waals surface area contributed by atoms with E-state index in [2.05, 4.69) is 5.32 Å². The first-order chi connectivity index (χ1) is 7.81. The molecule has 0 bridgehead atoms. The van der Waals surface area contributed by atoms with Crippen LogP contribution in [0.2, 0.25) is 0 Å². The molecule has 0 aromatic carbocycles. The molecule has 4 nitrogen and oxygen atoms in total. The summed E-state index contributed by atoms with van der Waals surface area (Å²) in [4.78, 5) is 13.9. The van der Waals surface area contributed by atoms with Crippen LogP contribution in [0.5, 0.6) is 0 Å². The molecular weight excluding hydrogens is 204 g/mol. The molecule has 1 N–H and O–H groups in total. The molecule has 0 radical (unpaired) electrons. The third-order valence-corrected chi connectivity index (χ3v) is 3.69. The van der Waals surface area contributed by atoms with Gasteiger partial charge in [0.15, 0.2) is 0 Å². The Morgan fingerprint density at radius 1 is 1.50 bits per heavy atom. The lowest BCUT2D eigenvalue weighted by molar-refractivity contribution is -0.130. The molecule has 4 heteroatoms. The van der Waals surface area contributed by atoms with Gasteiger partial charge in [-0.05, 0) is 31.7 Å². The summed E-state index contributed by atoms with van der Waals surface area (Å²) in [5.74, 6) is 0.994. The van der Waals surface area contributed by atoms with Gasteiger partial charge in [-0.1, -0.05) is 0 Å². The average molecular weight is 226 g/mol. The summed E-state index contributed by atoms with van der Waals surface area (Å²) in [6.45, 7) is 3.68. The summed E-state index contributed by atoms with van der Waals surface area (Å²) in [5, 5.41) is 3.51. The number of rotatable bonds is 4. The summed E-state index contributed by atoms with van der Waals surface area (Å²) in [6.07, 6.45) is 4.01. The minimum atomic E-state index is 0.299. The van der Waals surface area contributed by atoms with Gasteiger partial charge in [0.2, 0.25) is 5.91 Å². The molecule has 2 unspecified atom stereocenters. The second-order valence-electron chi connectivity index (χ2n) is 4.86. The van der Waals surface area contributed by atoms with Crippen molar-refractivity contribution in [2.45, 2.75) is 31.7 Å². The SMILES string of the molecule is COCCCC(=O)N1CC2CCCNC2C1. The van der Waals surface area contributed by atoms with Gasteiger partial charge in [-0.25, -0.2) is 0 Å². The maximum atomic E-state index is 11.9. The molecule has 2 aliphatic rings. The van der Waals surface area contributed by atoms with E-state index in [4.69, 9.17) is 4.74 Å². The number of amides is 1. The molecule has 0 aromatic rings. The van der Waals surface area contributed by atoms with Gasteiger partial charge in [-0.3, -0.25) is 4.79 Å². The Morgan fingerprint density at radius 2 is 2.38 bits per heavy atom. The first kappa shape index (κ1) is 11.9. The quantitative estimate of drug-likeness (QED) is 0.715. The molecule has 2 rings (SSSR count). The van der Waals surface area contributed by atoms with E-state index in [-0.39, 0.29) is 0 Å². The van der Waals surface area contributed by atoms with Gasteiger partial charge in [0.1, 0.15) is 0 Å². The molecule has 1 amide bonds. The van der Waals surface area contributed by atoms with Gasteiger partial charge in [-0.15, -0.1) is 0 Å². The van der Waals surface area contributed by atoms with Gasteiger partial charge in [-0.2, -0.15) is 0 Å². The van der Waals surface area contributed by atoms with Crippen molar-refractivity contribution in [2.24, 2.45) is 5.92 Å². The number of piperidine rings is 1. The Kier molecular flexibility index (Phi) is 4.18. The van der Waals surface area contributed by atoms with Crippen molar-refractivity contribution in [3.8, 4) is 0 Å². The highest BCUT2D eigenvalue weighted by atomic mass is 16.5. The van der Waals surface area contributed by atoms with Crippen LogP contribution in [0.25, 0.3) is 0 Å². The van der Waals surface area contributed by atoms with Crippen molar-refractivity contribution in [3.63, 3.8) is 0 Å². The van der Waals surface area contributed by atoms with Crippen LogP contribution in [0.4, 0.5) is 0 Å². The number of methoxy groups -OCH3 is 1. The van der Waals surface area contributed by atoms with Crippen molar-refractivity contribution < 1.29 is 9.53 Å². The number of hydrogen-bond acceptors (Lipinski definition) is 3. The Labute approximate surface area is 97.3 Å². The molecular formula is C12H22N2O2. The molecule has 92 valence electrons. The number of nitrogens with zero attached hydrogens (tertiary/aromatic N) is 1. The van der Waals surface area contributed by atoms with Gasteiger partial charge in [0.05, 0.1) is 0 Å². The number of likely N-dealkylation sites (tertiary alicyclic amines) is 1. The number of fused-ring (bicyclic) bond motifs is 1. The summed E-state index contributed by atoms with van der Waals surface area (Å²) < 4.78 is 4.97. The van der Waals surface area contributed by atoms with Crippen LogP contribution < -0.4 is 5.32 Å². The highest BCUT2D eigenvalue weighted by Gasteiger charge is 2.35. The van der Waals surface area contributed by atoms with Crippen LogP contribution in [0, 0.1) is 5.92 Å². The lowest BCUT2D eigenvalue weighted by Gasteiger charge is -2.24. The maximum Gasteiger partial charge on any atom is 0.222 e. The molecule has 2 saturated heterocycles. The molecule has 2 heterocycles. The minimum Gasteiger partial charge on any atom is -0.385 e. The Hall–Kier alpha value is -0.610. The summed E-state index contributed by atoms with van der Waals surface area (Å²) in [6, 6.07) is 0.556. The van der Waals surface area contributed by atoms with Crippen molar-refractivity contribution in [1.29, 1.82) is 0 Å². The number of carbonyl (C=O) groups excluding carboxylic acids is 1. The molecule has 2 fully saturated rings. The predicted octanol–water partition coefficient (Wildman–Crippen LogP) is 0.623. The van der Waals surface area contributed by atoms with Crippen LogP contribution in [-0.4, -0.2) is 50.2 Å². The Bertz CT molecular complexity index is 231. The molecule has 2 atom stereocenters. The van der Waals surface area contributed by atoms with Crippen molar-refractivity contribution in [1.82, 2.24) is 10.2 Å². The molecule has 0 saturated carbocycles. The van der Waals surface area contributed by atoms with E-state index >= 15 is 0 Å². The van der Waals surface area contributed by atoms with Crippen molar-refractivity contribution in [3.05, 3.63) is 0 Å². The molecule has 16 heavy (non-hydrogen) atoms. The fourth-order valence-electron chi connectivity index (χ4n) is 2.78. The van der Waals surface area contributed by atoms with E-state index < -0.39 is 0 Å². The number of ether oxygens (including phenoxy) is 1. The number of hydrogen-bond donors (Lipinski definition) is 1. The Balaban J connectivity index is 1.76. The number of carbonyl (C=O) groups is 1. The number of nitrogens with one attached hydrogen (secondary N) is 1. The zero-order chi connectivity index (χ0) is 11.4. The minimum absolute atomic E-state index is 0.299. The molecule has 0 aromatic heterocycles. The maximum absolute atomic E-state index is 11.9. The highest BCUT2D eigenvalue weighted by molar-refractivity contribution is 5.76. The van der Waals surface area contributed by atoms with Gasteiger partial charge in [0.25, 0.3) is 0 Å². The largest absolute Gasteiger partial charge is 0.385 e. The average Bonchev–Trinajstić information content (AvgIpc) is 2.73. The van der Waals surface area contributed by atoms with Crippen LogP contribution in [0.3, 0.4) is 0 Å². The standard InChI is InChI=1S/C12H22N2O2/c1-16-7-3-5-12(15)14-8-10-4-2-6-13-11(10)9-14/h10-11,13H,2-9H2,1H3. The monoisotopic (exact) mass is 226 g/mol. The summed E-state index contributed by atoms with van der Waals surface area (Å²) >= 11 is 0. The normalized spacial score (nSPS) is 29.2. The van der Waals surface area contributed by atoms with Crippen LogP contribution in [0.15, 0.2) is 0 Å². The van der Waals surface area contributed by atoms with Crippen LogP contribution in [-0.2, 0) is 9.53 Å². The van der Waals surface area contributed by atoms with E-state index in [1.54, 1.807) is 7.11 Å². The van der Waals surface area contributed by atoms with Crippen LogP contribution >= 0.6 is 0 Å². The fourth-order valence-corrected chi connectivity index (χ4v) is 2.78. The smallest absolute Gasteiger partial charge is 0.222 e. The summed E-state index contributed by atoms with van der Waals surface area (Å²) in [7, 11) is 1.68. The third-order valence-electron chi connectivity index (χ3n) is 3.69. The van der Waals surface area contributed by atoms with E-state index in [9.17, 15) is 4.79 Å². The highest BCUT2D eigenvalue weighted by Crippen LogP contribution is 2.25. The van der Waals surface area contributed by atoms with E-state index in [1.807, 2.05) is 4.90 Å². The van der Waals surface area contributed by atoms with E-state index in [0.29, 0.717) is 30.9 Å². The van der Waals surface area contributed by atoms with E-state index in [0.717, 1.165) is 26.1 Å². The van der Waals surface area contributed by atoms with Gasteiger partial charge in [0, 0.05) is 39.3 Å². The lowest BCUT2D eigenvalue weighted by Crippen LogP contribution is -2.41. The van der Waals surface area contributed by atoms with E-state index in [1.165, 1.54) is 12.8 Å². The first-order valence-corrected chi connectivity index (χ1v) is 6.31. The van der Waals surface area contributed by atoms with Gasteiger partial charge < -0.3 is 15.0 Å². The third kappa shape index (κ3) is 2.74.